The fraction of sp³-hybridized carbons (Fsp3) is 0.157. The molecule has 0 bridgehead atoms. The summed E-state index contributed by atoms with van der Waals surface area (Å²) in [7, 11) is 0. The maximum atomic E-state index is 14.9. The van der Waals surface area contributed by atoms with Gasteiger partial charge in [0.2, 0.25) is 0 Å². The second-order valence-corrected chi connectivity index (χ2v) is 16.5. The maximum Gasteiger partial charge on any atom is 0.194 e. The molecule has 0 amide bonds. The monoisotopic (exact) mass is 750 g/mol. The number of ketones is 1. The second-order valence-electron chi connectivity index (χ2n) is 16.5. The van der Waals surface area contributed by atoms with Crippen molar-refractivity contribution < 1.29 is 4.79 Å². The predicted octanol–water partition coefficient (Wildman–Crippen LogP) is 11.4. The van der Waals surface area contributed by atoms with Crippen LogP contribution in [0.3, 0.4) is 0 Å². The molecule has 0 fully saturated rings. The zero-order chi connectivity index (χ0) is 39.3. The van der Waals surface area contributed by atoms with E-state index in [4.69, 9.17) is 0 Å². The molecule has 4 aromatic carbocycles. The molecular weight excluding hydrogens is 713 g/mol. The molecule has 4 heterocycles. The molecule has 0 N–H and O–H groups in total. The summed E-state index contributed by atoms with van der Waals surface area (Å²) in [5.74, 6) is -0.0274. The molecule has 0 spiro atoms. The third-order valence-corrected chi connectivity index (χ3v) is 12.7. The van der Waals surface area contributed by atoms with E-state index in [1.165, 1.54) is 28.7 Å². The van der Waals surface area contributed by atoms with E-state index in [1.54, 1.807) is 6.33 Å². The fourth-order valence-electron chi connectivity index (χ4n) is 9.83. The van der Waals surface area contributed by atoms with Gasteiger partial charge in [-0.2, -0.15) is 0 Å². The van der Waals surface area contributed by atoms with E-state index >= 15 is 0 Å². The van der Waals surface area contributed by atoms with E-state index in [9.17, 15) is 4.79 Å². The molecule has 58 heavy (non-hydrogen) atoms. The summed E-state index contributed by atoms with van der Waals surface area (Å²) in [5, 5.41) is 0. The van der Waals surface area contributed by atoms with Crippen LogP contribution in [-0.2, 0) is 10.8 Å². The summed E-state index contributed by atoms with van der Waals surface area (Å²) < 4.78 is 0. The highest BCUT2D eigenvalue weighted by molar-refractivity contribution is 6.24. The Morgan fingerprint density at radius 3 is 1.69 bits per heavy atom. The molecule has 6 aromatic rings. The molecule has 0 saturated carbocycles. The van der Waals surface area contributed by atoms with Crippen LogP contribution in [0.15, 0.2) is 169 Å². The molecule has 2 aliphatic heterocycles. The number of rotatable bonds is 4. The van der Waals surface area contributed by atoms with Crippen molar-refractivity contribution >= 4 is 28.5 Å². The smallest absolute Gasteiger partial charge is 0.194 e. The number of carbonyl (C=O) groups is 1. The van der Waals surface area contributed by atoms with Crippen LogP contribution in [0.1, 0.15) is 67.6 Å². The minimum Gasteiger partial charge on any atom is -0.310 e. The summed E-state index contributed by atoms with van der Waals surface area (Å²) >= 11 is 0. The molecule has 3 aliphatic carbocycles. The zero-order valence-electron chi connectivity index (χ0n) is 32.7. The lowest BCUT2D eigenvalue weighted by atomic mass is 9.70. The Labute approximate surface area is 337 Å². The zero-order valence-corrected chi connectivity index (χ0v) is 32.7. The molecule has 11 rings (SSSR count). The van der Waals surface area contributed by atoms with E-state index in [-0.39, 0.29) is 16.6 Å². The summed E-state index contributed by atoms with van der Waals surface area (Å²) in [4.78, 5) is 37.4. The Kier molecular flexibility index (Phi) is 7.30. The molecule has 5 aliphatic rings. The highest BCUT2D eigenvalue weighted by Gasteiger charge is 2.43. The van der Waals surface area contributed by atoms with Crippen LogP contribution in [0.25, 0.3) is 33.4 Å². The highest BCUT2D eigenvalue weighted by atomic mass is 16.1. The molecule has 7 nitrogen and oxygen atoms in total. The number of fused-ring (bicyclic) bond motifs is 6. The molecule has 278 valence electrons. The third kappa shape index (κ3) is 4.78. The number of nitrogens with zero attached hydrogens (tertiary/aromatic N) is 6. The highest BCUT2D eigenvalue weighted by Crippen LogP contribution is 2.57. The molecule has 0 atom stereocenters. The van der Waals surface area contributed by atoms with E-state index in [0.717, 1.165) is 80.2 Å². The first-order valence-electron chi connectivity index (χ1n) is 19.8. The number of hydrogen-bond acceptors (Lipinski definition) is 7. The SMILES string of the molecule is CC1(C)C2=CCCC=C2N(c2cc3c(cc2-c2cncnc2)C(=O)c2cc(-c4cncnc4)c(N4C5=C(C=C=C=C5)C(C)(C)c5ccccc54)cc2-3)c2ccccc21. The van der Waals surface area contributed by atoms with Crippen molar-refractivity contribution in [2.45, 2.75) is 51.4 Å². The molecule has 7 heteroatoms. The van der Waals surface area contributed by atoms with Crippen LogP contribution in [-0.4, -0.2) is 25.7 Å². The van der Waals surface area contributed by atoms with Gasteiger partial charge in [-0.15, -0.1) is 0 Å². The lowest BCUT2D eigenvalue weighted by Crippen LogP contribution is -2.36. The minimum absolute atomic E-state index is 0.0274. The molecule has 0 saturated heterocycles. The molecular formula is C51H38N6O. The maximum absolute atomic E-state index is 14.9. The van der Waals surface area contributed by atoms with Gasteiger partial charge >= 0.3 is 0 Å². The Hall–Kier alpha value is -7.17. The van der Waals surface area contributed by atoms with Crippen molar-refractivity contribution in [2.24, 2.45) is 0 Å². The van der Waals surface area contributed by atoms with Gasteiger partial charge in [0, 0.05) is 80.8 Å². The van der Waals surface area contributed by atoms with Crippen molar-refractivity contribution in [3.05, 3.63) is 191 Å². The Balaban J connectivity index is 1.20. The number of allylic oxidation sites excluding steroid dienone is 6. The standard InChI is InChI=1S/C51H38N6O/c1-50(2)39-13-5-9-17-43(39)56(44-18-10-6-14-40(44)50)47-23-35-36-24-48(57-45-19-11-7-15-41(45)51(3,4)42-16-8-12-20-46(42)57)34(32-27-54-30-55-28-32)22-38(36)49(58)37(35)21-33(47)31-25-52-29-53-26-31/h5,7,9,11,13-30H,6,10H2,1-4H3. The molecule has 2 aromatic heterocycles. The largest absolute Gasteiger partial charge is 0.310 e. The number of anilines is 4. The normalized spacial score (nSPS) is 17.5. The predicted molar refractivity (Wildman–Crippen MR) is 229 cm³/mol. The second kappa shape index (κ2) is 12.4. The van der Waals surface area contributed by atoms with Crippen LogP contribution in [0, 0.1) is 0 Å². The van der Waals surface area contributed by atoms with Crippen LogP contribution >= 0.6 is 0 Å². The quantitative estimate of drug-likeness (QED) is 0.166. The van der Waals surface area contributed by atoms with Gasteiger partial charge in [0.05, 0.1) is 28.4 Å². The Morgan fingerprint density at radius 1 is 0.552 bits per heavy atom. The van der Waals surface area contributed by atoms with Gasteiger partial charge in [0.1, 0.15) is 12.7 Å². The Bertz CT molecular complexity index is 2990. The van der Waals surface area contributed by atoms with Crippen LogP contribution in [0.2, 0.25) is 0 Å². The first-order valence-corrected chi connectivity index (χ1v) is 19.8. The van der Waals surface area contributed by atoms with Gasteiger partial charge in [-0.25, -0.2) is 19.9 Å². The summed E-state index contributed by atoms with van der Waals surface area (Å²) in [6, 6.07) is 25.8. The van der Waals surface area contributed by atoms with Gasteiger partial charge < -0.3 is 9.80 Å². The van der Waals surface area contributed by atoms with Gasteiger partial charge in [-0.3, -0.25) is 4.79 Å². The molecule has 0 radical (unpaired) electrons. The number of aromatic nitrogens is 4. The lowest BCUT2D eigenvalue weighted by Gasteiger charge is -2.46. The average Bonchev–Trinajstić information content (AvgIpc) is 3.53. The van der Waals surface area contributed by atoms with Crippen LogP contribution in [0.5, 0.6) is 0 Å². The number of hydrogen-bond donors (Lipinski definition) is 0. The van der Waals surface area contributed by atoms with Crippen LogP contribution < -0.4 is 9.80 Å². The van der Waals surface area contributed by atoms with E-state index in [0.29, 0.717) is 11.1 Å². The van der Waals surface area contributed by atoms with Gasteiger partial charge in [0.25, 0.3) is 0 Å². The minimum atomic E-state index is -0.282. The summed E-state index contributed by atoms with van der Waals surface area (Å²) in [6.07, 6.45) is 21.2. The lowest BCUT2D eigenvalue weighted by molar-refractivity contribution is 0.104. The number of carbonyl (C=O) groups excluding carboxylic acids is 1. The third-order valence-electron chi connectivity index (χ3n) is 12.7. The van der Waals surface area contributed by atoms with E-state index < -0.39 is 0 Å². The van der Waals surface area contributed by atoms with E-state index in [1.807, 2.05) is 36.9 Å². The fourth-order valence-corrected chi connectivity index (χ4v) is 9.83. The first kappa shape index (κ1) is 34.1. The first-order chi connectivity index (χ1) is 28.2. The van der Waals surface area contributed by atoms with Crippen molar-refractivity contribution in [1.82, 2.24) is 19.9 Å². The van der Waals surface area contributed by atoms with Gasteiger partial charge in [-0.1, -0.05) is 87.7 Å². The topological polar surface area (TPSA) is 75.1 Å². The average molecular weight is 751 g/mol. The van der Waals surface area contributed by atoms with Crippen molar-refractivity contribution in [1.29, 1.82) is 0 Å². The van der Waals surface area contributed by atoms with E-state index in [2.05, 4.69) is 154 Å². The van der Waals surface area contributed by atoms with Crippen molar-refractivity contribution in [3.8, 4) is 33.4 Å². The summed E-state index contributed by atoms with van der Waals surface area (Å²) in [5.41, 5.74) is 23.7. The number of para-hydroxylation sites is 2. The van der Waals surface area contributed by atoms with Gasteiger partial charge in [-0.05, 0) is 88.7 Å². The Morgan fingerprint density at radius 2 is 1.07 bits per heavy atom. The number of benzene rings is 4. The van der Waals surface area contributed by atoms with Crippen LogP contribution in [0.4, 0.5) is 22.7 Å². The van der Waals surface area contributed by atoms with Crippen molar-refractivity contribution in [2.75, 3.05) is 9.80 Å². The molecule has 0 unspecified atom stereocenters. The van der Waals surface area contributed by atoms with Crippen molar-refractivity contribution in [3.63, 3.8) is 0 Å². The summed E-state index contributed by atoms with van der Waals surface area (Å²) in [6.45, 7) is 9.17. The van der Waals surface area contributed by atoms with Gasteiger partial charge in [0.15, 0.2) is 5.78 Å².